The molecule has 4 heterocycles. The van der Waals surface area contributed by atoms with Crippen LogP contribution in [-0.4, -0.2) is 31.1 Å². The molecule has 0 spiro atoms. The Kier molecular flexibility index (Phi) is 2.08. The van der Waals surface area contributed by atoms with Crippen LogP contribution in [0.1, 0.15) is 23.5 Å². The summed E-state index contributed by atoms with van der Waals surface area (Å²) >= 11 is 0. The van der Waals surface area contributed by atoms with Gasteiger partial charge >= 0.3 is 0 Å². The monoisotopic (exact) mass is 244 g/mol. The Morgan fingerprint density at radius 2 is 2.17 bits per heavy atom. The molecule has 0 saturated carbocycles. The van der Waals surface area contributed by atoms with Crippen molar-refractivity contribution in [1.29, 1.82) is 0 Å². The molecule has 2 aromatic rings. The van der Waals surface area contributed by atoms with Crippen LogP contribution in [0.2, 0.25) is 0 Å². The van der Waals surface area contributed by atoms with Gasteiger partial charge in [-0.15, -0.1) is 10.2 Å². The van der Waals surface area contributed by atoms with E-state index in [1.54, 1.807) is 0 Å². The molecule has 0 bridgehead atoms. The Morgan fingerprint density at radius 1 is 1.22 bits per heavy atom. The maximum atomic E-state index is 4.75. The molecule has 0 saturated heterocycles. The predicted molar refractivity (Wildman–Crippen MR) is 66.0 cm³/mol. The average Bonchev–Trinajstić information content (AvgIpc) is 2.86. The van der Waals surface area contributed by atoms with Gasteiger partial charge in [-0.1, -0.05) is 0 Å². The summed E-state index contributed by atoms with van der Waals surface area (Å²) in [6.07, 6.45) is 2.11. The lowest BCUT2D eigenvalue weighted by Crippen LogP contribution is -2.23. The third kappa shape index (κ3) is 1.29. The van der Waals surface area contributed by atoms with Crippen LogP contribution in [0.3, 0.4) is 0 Å². The highest BCUT2D eigenvalue weighted by atomic mass is 15.4. The minimum Gasteiger partial charge on any atom is -0.312 e. The fourth-order valence-corrected chi connectivity index (χ4v) is 2.97. The fourth-order valence-electron chi connectivity index (χ4n) is 2.97. The largest absolute Gasteiger partial charge is 0.312 e. The van der Waals surface area contributed by atoms with Crippen molar-refractivity contribution in [1.82, 2.24) is 29.9 Å². The maximum Gasteiger partial charge on any atom is 0.182 e. The first-order valence-electron chi connectivity index (χ1n) is 6.54. The van der Waals surface area contributed by atoms with E-state index in [4.69, 9.17) is 5.10 Å². The Morgan fingerprint density at radius 3 is 3.11 bits per heavy atom. The van der Waals surface area contributed by atoms with Crippen molar-refractivity contribution in [2.24, 2.45) is 0 Å². The summed E-state index contributed by atoms with van der Waals surface area (Å²) in [5.74, 6) is 1.99. The van der Waals surface area contributed by atoms with Crippen LogP contribution in [0.15, 0.2) is 0 Å². The first kappa shape index (κ1) is 10.3. The number of nitrogens with one attached hydrogen (secondary N) is 1. The van der Waals surface area contributed by atoms with Gasteiger partial charge in [0.25, 0.3) is 0 Å². The van der Waals surface area contributed by atoms with Gasteiger partial charge in [-0.2, -0.15) is 5.10 Å². The lowest BCUT2D eigenvalue weighted by atomic mass is 10.1. The number of nitrogens with zero attached hydrogens (tertiary/aromatic N) is 5. The first-order chi connectivity index (χ1) is 8.84. The van der Waals surface area contributed by atoms with Crippen LogP contribution in [-0.2, 0) is 26.1 Å². The van der Waals surface area contributed by atoms with E-state index in [1.807, 2.05) is 6.92 Å². The number of hydrogen-bond acceptors (Lipinski definition) is 4. The summed E-state index contributed by atoms with van der Waals surface area (Å²) in [4.78, 5) is 0. The zero-order valence-electron chi connectivity index (χ0n) is 10.5. The molecule has 0 unspecified atom stereocenters. The molecule has 6 heteroatoms. The lowest BCUT2D eigenvalue weighted by Gasteiger charge is -2.12. The van der Waals surface area contributed by atoms with Crippen molar-refractivity contribution in [3.8, 4) is 11.5 Å². The Balaban J connectivity index is 1.99. The number of aryl methyl sites for hydroxylation is 2. The van der Waals surface area contributed by atoms with Crippen molar-refractivity contribution >= 4 is 0 Å². The zero-order valence-corrected chi connectivity index (χ0v) is 10.5. The summed E-state index contributed by atoms with van der Waals surface area (Å²) < 4.78 is 4.35. The SMILES string of the molecule is Cc1nnc2n1CCCn1nc3c(c1-2)CNCC3. The normalized spacial score (nSPS) is 17.8. The molecule has 2 aliphatic rings. The number of rotatable bonds is 0. The van der Waals surface area contributed by atoms with Crippen LogP contribution in [0.25, 0.3) is 11.5 Å². The van der Waals surface area contributed by atoms with Crippen LogP contribution >= 0.6 is 0 Å². The van der Waals surface area contributed by atoms with Gasteiger partial charge in [0, 0.05) is 38.2 Å². The summed E-state index contributed by atoms with van der Waals surface area (Å²) in [5, 5.41) is 16.8. The van der Waals surface area contributed by atoms with Gasteiger partial charge < -0.3 is 9.88 Å². The van der Waals surface area contributed by atoms with Crippen LogP contribution in [0.4, 0.5) is 0 Å². The third-order valence-corrected chi connectivity index (χ3v) is 3.87. The molecule has 0 radical (unpaired) electrons. The second kappa shape index (κ2) is 3.65. The molecular formula is C12H16N6. The number of aromatic nitrogens is 5. The zero-order chi connectivity index (χ0) is 12.1. The average molecular weight is 244 g/mol. The Bertz CT molecular complexity index is 608. The molecule has 6 nitrogen and oxygen atoms in total. The minimum atomic E-state index is 0.899. The second-order valence-corrected chi connectivity index (χ2v) is 5.00. The smallest absolute Gasteiger partial charge is 0.182 e. The molecule has 2 aliphatic heterocycles. The van der Waals surface area contributed by atoms with Gasteiger partial charge in [0.05, 0.1) is 5.69 Å². The van der Waals surface area contributed by atoms with E-state index in [1.165, 1.54) is 17.0 Å². The van der Waals surface area contributed by atoms with Gasteiger partial charge in [-0.05, 0) is 13.3 Å². The van der Waals surface area contributed by atoms with Crippen molar-refractivity contribution in [2.75, 3.05) is 6.54 Å². The molecule has 0 fully saturated rings. The van der Waals surface area contributed by atoms with Crippen LogP contribution in [0.5, 0.6) is 0 Å². The van der Waals surface area contributed by atoms with Crippen LogP contribution < -0.4 is 5.32 Å². The first-order valence-corrected chi connectivity index (χ1v) is 6.54. The van der Waals surface area contributed by atoms with E-state index in [9.17, 15) is 0 Å². The molecule has 0 atom stereocenters. The Labute approximate surface area is 105 Å². The van der Waals surface area contributed by atoms with E-state index >= 15 is 0 Å². The van der Waals surface area contributed by atoms with Gasteiger partial charge in [-0.3, -0.25) is 4.68 Å². The number of fused-ring (bicyclic) bond motifs is 5. The number of hydrogen-bond donors (Lipinski definition) is 1. The minimum absolute atomic E-state index is 0.899. The molecule has 18 heavy (non-hydrogen) atoms. The van der Waals surface area contributed by atoms with E-state index in [0.29, 0.717) is 0 Å². The molecule has 2 aromatic heterocycles. The highest BCUT2D eigenvalue weighted by Gasteiger charge is 2.27. The van der Waals surface area contributed by atoms with Crippen LogP contribution in [0, 0.1) is 6.92 Å². The lowest BCUT2D eigenvalue weighted by molar-refractivity contribution is 0.542. The summed E-state index contributed by atoms with van der Waals surface area (Å²) in [5.41, 5.74) is 3.73. The topological polar surface area (TPSA) is 60.6 Å². The predicted octanol–water partition coefficient (Wildman–Crippen LogP) is 0.499. The molecule has 4 rings (SSSR count). The third-order valence-electron chi connectivity index (χ3n) is 3.87. The van der Waals surface area contributed by atoms with E-state index in [2.05, 4.69) is 24.8 Å². The highest BCUT2D eigenvalue weighted by molar-refractivity contribution is 5.58. The standard InChI is InChI=1S/C12H16N6/c1-8-14-15-12-11-9-7-13-4-3-10(9)16-18(11)6-2-5-17(8)12/h13H,2-7H2,1H3. The maximum absolute atomic E-state index is 4.75. The van der Waals surface area contributed by atoms with Crippen molar-refractivity contribution in [2.45, 2.75) is 39.4 Å². The van der Waals surface area contributed by atoms with Crippen molar-refractivity contribution in [3.63, 3.8) is 0 Å². The molecule has 1 N–H and O–H groups in total. The fraction of sp³-hybridized carbons (Fsp3) is 0.583. The molecule has 0 aromatic carbocycles. The van der Waals surface area contributed by atoms with E-state index in [-0.39, 0.29) is 0 Å². The van der Waals surface area contributed by atoms with E-state index in [0.717, 1.165) is 50.7 Å². The van der Waals surface area contributed by atoms with Gasteiger partial charge in [-0.25, -0.2) is 0 Å². The summed E-state index contributed by atoms with van der Waals surface area (Å²) in [6.45, 7) is 5.91. The van der Waals surface area contributed by atoms with Crippen molar-refractivity contribution in [3.05, 3.63) is 17.1 Å². The summed E-state index contributed by atoms with van der Waals surface area (Å²) in [7, 11) is 0. The second-order valence-electron chi connectivity index (χ2n) is 5.00. The molecule has 94 valence electrons. The van der Waals surface area contributed by atoms with Gasteiger partial charge in [0.2, 0.25) is 0 Å². The Hall–Kier alpha value is -1.69. The quantitative estimate of drug-likeness (QED) is 0.733. The molecule has 0 amide bonds. The van der Waals surface area contributed by atoms with Gasteiger partial charge in [0.1, 0.15) is 11.5 Å². The molecular weight excluding hydrogens is 228 g/mol. The van der Waals surface area contributed by atoms with E-state index < -0.39 is 0 Å². The molecule has 0 aliphatic carbocycles. The summed E-state index contributed by atoms with van der Waals surface area (Å²) in [6, 6.07) is 0. The van der Waals surface area contributed by atoms with Gasteiger partial charge in [0.15, 0.2) is 5.82 Å². The highest BCUT2D eigenvalue weighted by Crippen LogP contribution is 2.30. The van der Waals surface area contributed by atoms with Crippen molar-refractivity contribution < 1.29 is 0 Å².